The van der Waals surface area contributed by atoms with E-state index in [1.807, 2.05) is 0 Å². The fourth-order valence-electron chi connectivity index (χ4n) is 1.91. The van der Waals surface area contributed by atoms with E-state index in [4.69, 9.17) is 21.7 Å². The van der Waals surface area contributed by atoms with Crippen LogP contribution in [0.3, 0.4) is 0 Å². The summed E-state index contributed by atoms with van der Waals surface area (Å²) in [5, 5.41) is 3.41. The monoisotopic (exact) mass is 306 g/mol. The lowest BCUT2D eigenvalue weighted by Gasteiger charge is -2.20. The molecule has 0 aromatic heterocycles. The molecule has 1 aromatic rings. The first-order valence-electron chi connectivity index (χ1n) is 6.52. The summed E-state index contributed by atoms with van der Waals surface area (Å²) >= 11 is 0. The minimum atomic E-state index is -0.919. The number of rotatable bonds is 7. The van der Waals surface area contributed by atoms with Gasteiger partial charge in [0.15, 0.2) is 0 Å². The van der Waals surface area contributed by atoms with Gasteiger partial charge in [0.25, 0.3) is 0 Å². The minimum Gasteiger partial charge on any atom is -0.402 e. The van der Waals surface area contributed by atoms with Gasteiger partial charge < -0.3 is 16.2 Å². The Bertz CT molecular complexity index is 588. The van der Waals surface area contributed by atoms with Crippen LogP contribution in [0.4, 0.5) is 10.1 Å². The van der Waals surface area contributed by atoms with Crippen molar-refractivity contribution < 1.29 is 9.13 Å². The van der Waals surface area contributed by atoms with E-state index in [1.165, 1.54) is 7.11 Å². The van der Waals surface area contributed by atoms with Crippen molar-refractivity contribution in [3.05, 3.63) is 52.0 Å². The maximum Gasteiger partial charge on any atom is 0.125 e. The second kappa shape index (κ2) is 8.66. The molecule has 0 heterocycles. The van der Waals surface area contributed by atoms with Crippen molar-refractivity contribution in [2.45, 2.75) is 19.1 Å². The van der Waals surface area contributed by atoms with Crippen LogP contribution < -0.4 is 11.5 Å². The van der Waals surface area contributed by atoms with Crippen molar-refractivity contribution in [1.82, 2.24) is 0 Å². The number of alkyl halides is 1. The van der Waals surface area contributed by atoms with Crippen LogP contribution in [0, 0.1) is 0 Å². The molecule has 0 aliphatic heterocycles. The molecule has 7 nitrogen and oxygen atoms in total. The lowest BCUT2D eigenvalue weighted by atomic mass is 10.0. The number of amidine groups is 1. The van der Waals surface area contributed by atoms with Crippen LogP contribution in [0.5, 0.6) is 0 Å². The number of nitrogens with zero attached hydrogens (tertiary/aromatic N) is 4. The van der Waals surface area contributed by atoms with Crippen LogP contribution in [0.1, 0.15) is 18.6 Å². The zero-order valence-electron chi connectivity index (χ0n) is 12.5. The summed E-state index contributed by atoms with van der Waals surface area (Å²) < 4.78 is 18.2. The molecule has 22 heavy (non-hydrogen) atoms. The highest BCUT2D eigenvalue weighted by Gasteiger charge is 2.21. The first-order valence-corrected chi connectivity index (χ1v) is 6.52. The van der Waals surface area contributed by atoms with Crippen LogP contribution in [0.2, 0.25) is 0 Å². The highest BCUT2D eigenvalue weighted by Crippen LogP contribution is 2.25. The van der Waals surface area contributed by atoms with Gasteiger partial charge in [0.1, 0.15) is 12.5 Å². The molecular weight excluding hydrogens is 287 g/mol. The summed E-state index contributed by atoms with van der Waals surface area (Å²) in [5.74, 6) is 0.284. The van der Waals surface area contributed by atoms with E-state index in [9.17, 15) is 4.39 Å². The third kappa shape index (κ3) is 5.08. The van der Waals surface area contributed by atoms with Crippen molar-refractivity contribution in [2.24, 2.45) is 21.6 Å². The van der Waals surface area contributed by atoms with Crippen LogP contribution in [-0.4, -0.2) is 25.7 Å². The molecule has 0 aliphatic rings. The summed E-state index contributed by atoms with van der Waals surface area (Å²) in [4.78, 5) is 6.80. The second-order valence-corrected chi connectivity index (χ2v) is 4.60. The van der Waals surface area contributed by atoms with Gasteiger partial charge in [-0.3, -0.25) is 4.39 Å². The fraction of sp³-hybridized carbons (Fsp3) is 0.357. The van der Waals surface area contributed by atoms with E-state index in [0.717, 1.165) is 0 Å². The van der Waals surface area contributed by atoms with Gasteiger partial charge in [0.2, 0.25) is 0 Å². The van der Waals surface area contributed by atoms with Crippen molar-refractivity contribution in [3.63, 3.8) is 0 Å². The Hall–Kier alpha value is -2.57. The molecule has 118 valence electrons. The lowest BCUT2D eigenvalue weighted by molar-refractivity contribution is 0.0722. The standard InChI is InChI=1S/C14H19FN6O/c1-9(16)7-13(17)19-11-5-3-10(4-6-11)14(22-2)12(8-15)20-21-18/h3-7,12,14H,8,16H2,1-2H3,(H2,17,19)/t12-,14-/m1/s1. The number of benzene rings is 1. The van der Waals surface area contributed by atoms with Crippen LogP contribution in [0.15, 0.2) is 46.1 Å². The van der Waals surface area contributed by atoms with Crippen molar-refractivity contribution in [1.29, 1.82) is 0 Å². The predicted octanol–water partition coefficient (Wildman–Crippen LogP) is 2.87. The van der Waals surface area contributed by atoms with Gasteiger partial charge in [-0.2, -0.15) is 0 Å². The van der Waals surface area contributed by atoms with Gasteiger partial charge in [-0.25, -0.2) is 4.99 Å². The summed E-state index contributed by atoms with van der Waals surface area (Å²) in [6.07, 6.45) is 0.884. The molecule has 4 N–H and O–H groups in total. The van der Waals surface area contributed by atoms with E-state index < -0.39 is 18.8 Å². The molecule has 2 atom stereocenters. The highest BCUT2D eigenvalue weighted by atomic mass is 19.1. The Kier molecular flexibility index (Phi) is 6.88. The number of azide groups is 1. The summed E-state index contributed by atoms with van der Waals surface area (Å²) in [6.45, 7) is 0.900. The van der Waals surface area contributed by atoms with E-state index in [2.05, 4.69) is 15.0 Å². The smallest absolute Gasteiger partial charge is 0.125 e. The van der Waals surface area contributed by atoms with Crippen LogP contribution >= 0.6 is 0 Å². The quantitative estimate of drug-likeness (QED) is 0.265. The van der Waals surface area contributed by atoms with Crippen LogP contribution in [-0.2, 0) is 4.74 Å². The molecule has 0 bridgehead atoms. The van der Waals surface area contributed by atoms with Crippen molar-refractivity contribution in [2.75, 3.05) is 13.8 Å². The Balaban J connectivity index is 3.00. The van der Waals surface area contributed by atoms with E-state index >= 15 is 0 Å². The van der Waals surface area contributed by atoms with Gasteiger partial charge in [-0.05, 0) is 36.2 Å². The third-order valence-electron chi connectivity index (χ3n) is 2.82. The molecule has 0 amide bonds. The first kappa shape index (κ1) is 17.5. The number of aliphatic imine (C=N–C) groups is 1. The molecular formula is C14H19FN6O. The number of hydrogen-bond donors (Lipinski definition) is 2. The second-order valence-electron chi connectivity index (χ2n) is 4.60. The molecule has 1 aromatic carbocycles. The Morgan fingerprint density at radius 3 is 2.50 bits per heavy atom. The number of hydrogen-bond acceptors (Lipinski definition) is 4. The number of allylic oxidation sites excluding steroid dienone is 1. The van der Waals surface area contributed by atoms with Gasteiger partial charge in [0.05, 0.1) is 17.8 Å². The summed E-state index contributed by atoms with van der Waals surface area (Å²) in [6, 6.07) is 5.93. The topological polar surface area (TPSA) is 122 Å². The zero-order valence-corrected chi connectivity index (χ0v) is 12.5. The molecule has 0 saturated carbocycles. The molecule has 0 spiro atoms. The summed E-state index contributed by atoms with van der Waals surface area (Å²) in [5.41, 5.74) is 21.5. The molecule has 0 unspecified atom stereocenters. The van der Waals surface area contributed by atoms with E-state index in [1.54, 1.807) is 37.3 Å². The van der Waals surface area contributed by atoms with Crippen molar-refractivity contribution in [3.8, 4) is 0 Å². The maximum absolute atomic E-state index is 12.9. The molecule has 0 fully saturated rings. The Morgan fingerprint density at radius 1 is 1.41 bits per heavy atom. The molecule has 0 radical (unpaired) electrons. The van der Waals surface area contributed by atoms with E-state index in [-0.39, 0.29) is 5.84 Å². The Labute approximate surface area is 128 Å². The predicted molar refractivity (Wildman–Crippen MR) is 84.3 cm³/mol. The molecule has 8 heteroatoms. The van der Waals surface area contributed by atoms with Gasteiger partial charge >= 0.3 is 0 Å². The molecule has 0 aliphatic carbocycles. The van der Waals surface area contributed by atoms with Crippen molar-refractivity contribution >= 4 is 11.5 Å². The minimum absolute atomic E-state index is 0.284. The van der Waals surface area contributed by atoms with Crippen LogP contribution in [0.25, 0.3) is 10.4 Å². The normalized spacial score (nSPS) is 15.0. The highest BCUT2D eigenvalue weighted by molar-refractivity contribution is 5.93. The van der Waals surface area contributed by atoms with Gasteiger partial charge in [0, 0.05) is 17.7 Å². The number of nitrogens with two attached hydrogens (primary N) is 2. The van der Waals surface area contributed by atoms with Gasteiger partial charge in [-0.15, -0.1) is 0 Å². The Morgan fingerprint density at radius 2 is 2.05 bits per heavy atom. The first-order chi connectivity index (χ1) is 10.5. The zero-order chi connectivity index (χ0) is 16.5. The SMILES string of the molecule is CO[C@H](c1ccc(N=C(N)C=C(C)N)cc1)[C@@H](CF)N=[N+]=[N-]. The average molecular weight is 306 g/mol. The van der Waals surface area contributed by atoms with E-state index in [0.29, 0.717) is 16.9 Å². The third-order valence-corrected chi connectivity index (χ3v) is 2.82. The van der Waals surface area contributed by atoms with Gasteiger partial charge in [-0.1, -0.05) is 17.2 Å². The summed E-state index contributed by atoms with van der Waals surface area (Å²) in [7, 11) is 1.43. The molecule has 1 rings (SSSR count). The lowest BCUT2D eigenvalue weighted by Crippen LogP contribution is -2.20. The number of halogens is 1. The fourth-order valence-corrected chi connectivity index (χ4v) is 1.91. The number of ether oxygens (including phenoxy) is 1. The maximum atomic E-state index is 12.9. The average Bonchev–Trinajstić information content (AvgIpc) is 2.47. The largest absolute Gasteiger partial charge is 0.402 e. The molecule has 0 saturated heterocycles. The number of methoxy groups -OCH3 is 1.